The van der Waals surface area contributed by atoms with Crippen LogP contribution in [-0.4, -0.2) is 16.4 Å². The van der Waals surface area contributed by atoms with Crippen LogP contribution in [0.5, 0.6) is 0 Å². The van der Waals surface area contributed by atoms with Crippen molar-refractivity contribution in [3.8, 4) is 5.69 Å². The van der Waals surface area contributed by atoms with E-state index < -0.39 is 11.8 Å². The van der Waals surface area contributed by atoms with Gasteiger partial charge in [-0.1, -0.05) is 17.7 Å². The number of carbonyl (C=O) groups is 2. The van der Waals surface area contributed by atoms with Gasteiger partial charge in [-0.05, 0) is 54.6 Å². The van der Waals surface area contributed by atoms with Crippen LogP contribution in [0.25, 0.3) is 5.69 Å². The first kappa shape index (κ1) is 15.8. The molecule has 0 bridgehead atoms. The Morgan fingerprint density at radius 3 is 2.04 bits per heavy atom. The Bertz CT molecular complexity index is 858. The maximum atomic E-state index is 12.1. The lowest BCUT2D eigenvalue weighted by atomic mass is 10.2. The van der Waals surface area contributed by atoms with Crippen molar-refractivity contribution < 1.29 is 9.59 Å². The average Bonchev–Trinajstić information content (AvgIpc) is 3.14. The highest BCUT2D eigenvalue weighted by Gasteiger charge is 2.09. The molecule has 3 aromatic rings. The van der Waals surface area contributed by atoms with Gasteiger partial charge in [-0.2, -0.15) is 0 Å². The van der Waals surface area contributed by atoms with Crippen LogP contribution in [0.2, 0.25) is 5.02 Å². The smallest absolute Gasteiger partial charge is 0.269 e. The molecule has 2 N–H and O–H groups in total. The Morgan fingerprint density at radius 1 is 0.792 bits per heavy atom. The first-order chi connectivity index (χ1) is 11.6. The number of benzene rings is 2. The van der Waals surface area contributed by atoms with Crippen LogP contribution in [0, 0.1) is 0 Å². The second-order valence-corrected chi connectivity index (χ2v) is 5.49. The molecule has 0 fully saturated rings. The summed E-state index contributed by atoms with van der Waals surface area (Å²) in [4.78, 5) is 24.0. The van der Waals surface area contributed by atoms with Gasteiger partial charge in [-0.3, -0.25) is 20.4 Å². The summed E-state index contributed by atoms with van der Waals surface area (Å²) in [6, 6.07) is 17.3. The summed E-state index contributed by atoms with van der Waals surface area (Å²) in [5, 5.41) is 0.453. The third-order valence-electron chi connectivity index (χ3n) is 3.41. The standard InChI is InChI=1S/C18H14ClN3O2/c19-15-5-3-4-14(12-15)18(24)21-20-17(23)13-6-8-16(9-7-13)22-10-1-2-11-22/h1-12H,(H,20,23)(H,21,24). The van der Waals surface area contributed by atoms with Crippen LogP contribution in [-0.2, 0) is 0 Å². The van der Waals surface area contributed by atoms with Crippen molar-refractivity contribution in [3.05, 3.63) is 89.2 Å². The lowest BCUT2D eigenvalue weighted by Gasteiger charge is -2.08. The van der Waals surface area contributed by atoms with Gasteiger partial charge in [0.1, 0.15) is 0 Å². The van der Waals surface area contributed by atoms with Crippen molar-refractivity contribution >= 4 is 23.4 Å². The van der Waals surface area contributed by atoms with Crippen LogP contribution < -0.4 is 10.9 Å². The zero-order valence-electron chi connectivity index (χ0n) is 12.6. The summed E-state index contributed by atoms with van der Waals surface area (Å²) in [6.07, 6.45) is 3.83. The van der Waals surface area contributed by atoms with Crippen molar-refractivity contribution in [1.29, 1.82) is 0 Å². The van der Waals surface area contributed by atoms with Gasteiger partial charge in [-0.15, -0.1) is 0 Å². The van der Waals surface area contributed by atoms with Crippen LogP contribution in [0.15, 0.2) is 73.1 Å². The highest BCUT2D eigenvalue weighted by molar-refractivity contribution is 6.30. The number of hydrogen-bond donors (Lipinski definition) is 2. The van der Waals surface area contributed by atoms with Crippen molar-refractivity contribution in [2.45, 2.75) is 0 Å². The monoisotopic (exact) mass is 339 g/mol. The van der Waals surface area contributed by atoms with E-state index in [0.29, 0.717) is 16.1 Å². The van der Waals surface area contributed by atoms with E-state index in [4.69, 9.17) is 11.6 Å². The third-order valence-corrected chi connectivity index (χ3v) is 3.64. The molecule has 24 heavy (non-hydrogen) atoms. The summed E-state index contributed by atoms with van der Waals surface area (Å²) >= 11 is 5.84. The predicted octanol–water partition coefficient (Wildman–Crippen LogP) is 3.21. The summed E-state index contributed by atoms with van der Waals surface area (Å²) in [5.74, 6) is -0.834. The lowest BCUT2D eigenvalue weighted by molar-refractivity contribution is 0.0846. The minimum Gasteiger partial charge on any atom is -0.324 e. The van der Waals surface area contributed by atoms with Gasteiger partial charge < -0.3 is 4.57 Å². The minimum atomic E-state index is -0.435. The number of rotatable bonds is 3. The summed E-state index contributed by atoms with van der Waals surface area (Å²) < 4.78 is 1.93. The largest absolute Gasteiger partial charge is 0.324 e. The Kier molecular flexibility index (Phi) is 4.63. The molecule has 120 valence electrons. The zero-order chi connectivity index (χ0) is 16.9. The Morgan fingerprint density at radius 2 is 1.42 bits per heavy atom. The fraction of sp³-hybridized carbons (Fsp3) is 0. The molecule has 2 amide bonds. The van der Waals surface area contributed by atoms with Gasteiger partial charge in [0.05, 0.1) is 0 Å². The van der Waals surface area contributed by atoms with Gasteiger partial charge in [0.2, 0.25) is 0 Å². The fourth-order valence-corrected chi connectivity index (χ4v) is 2.37. The van der Waals surface area contributed by atoms with E-state index >= 15 is 0 Å². The highest BCUT2D eigenvalue weighted by atomic mass is 35.5. The molecule has 0 radical (unpaired) electrons. The number of amides is 2. The number of nitrogens with one attached hydrogen (secondary N) is 2. The van der Waals surface area contributed by atoms with E-state index in [1.54, 1.807) is 30.3 Å². The second-order valence-electron chi connectivity index (χ2n) is 5.06. The molecule has 1 heterocycles. The molecule has 0 saturated carbocycles. The molecule has 0 unspecified atom stereocenters. The van der Waals surface area contributed by atoms with Gasteiger partial charge in [0, 0.05) is 34.2 Å². The van der Waals surface area contributed by atoms with Gasteiger partial charge in [-0.25, -0.2) is 0 Å². The van der Waals surface area contributed by atoms with Crippen molar-refractivity contribution in [3.63, 3.8) is 0 Å². The van der Waals surface area contributed by atoms with E-state index in [-0.39, 0.29) is 0 Å². The summed E-state index contributed by atoms with van der Waals surface area (Å²) in [6.45, 7) is 0. The number of aromatic nitrogens is 1. The quantitative estimate of drug-likeness (QED) is 0.720. The van der Waals surface area contributed by atoms with Crippen molar-refractivity contribution in [2.24, 2.45) is 0 Å². The maximum absolute atomic E-state index is 12.1. The number of carbonyl (C=O) groups excluding carboxylic acids is 2. The average molecular weight is 340 g/mol. The molecule has 0 atom stereocenters. The van der Waals surface area contributed by atoms with Crippen LogP contribution in [0.4, 0.5) is 0 Å². The molecule has 3 rings (SSSR count). The molecule has 0 aliphatic heterocycles. The zero-order valence-corrected chi connectivity index (χ0v) is 13.3. The molecule has 1 aromatic heterocycles. The van der Waals surface area contributed by atoms with Crippen molar-refractivity contribution in [2.75, 3.05) is 0 Å². The molecule has 0 aliphatic carbocycles. The summed E-state index contributed by atoms with van der Waals surface area (Å²) in [7, 11) is 0. The van der Waals surface area contributed by atoms with Crippen LogP contribution in [0.1, 0.15) is 20.7 Å². The number of halogens is 1. The first-order valence-corrected chi connectivity index (χ1v) is 7.61. The Labute approximate surface area is 143 Å². The molecule has 5 nitrogen and oxygen atoms in total. The number of hydrazine groups is 1. The highest BCUT2D eigenvalue weighted by Crippen LogP contribution is 2.11. The van der Waals surface area contributed by atoms with E-state index in [9.17, 15) is 9.59 Å². The molecular weight excluding hydrogens is 326 g/mol. The van der Waals surface area contributed by atoms with E-state index in [1.165, 1.54) is 6.07 Å². The van der Waals surface area contributed by atoms with Gasteiger partial charge in [0.15, 0.2) is 0 Å². The minimum absolute atomic E-state index is 0.366. The van der Waals surface area contributed by atoms with Crippen LogP contribution >= 0.6 is 11.6 Å². The van der Waals surface area contributed by atoms with E-state index in [0.717, 1.165) is 5.69 Å². The topological polar surface area (TPSA) is 63.1 Å². The van der Waals surface area contributed by atoms with Gasteiger partial charge >= 0.3 is 0 Å². The molecule has 6 heteroatoms. The second kappa shape index (κ2) is 7.02. The lowest BCUT2D eigenvalue weighted by Crippen LogP contribution is -2.41. The van der Waals surface area contributed by atoms with Gasteiger partial charge in [0.25, 0.3) is 11.8 Å². The number of nitrogens with zero attached hydrogens (tertiary/aromatic N) is 1. The third kappa shape index (κ3) is 3.64. The number of hydrogen-bond acceptors (Lipinski definition) is 2. The molecule has 2 aromatic carbocycles. The molecule has 0 spiro atoms. The summed E-state index contributed by atoms with van der Waals surface area (Å²) in [5.41, 5.74) is 6.50. The van der Waals surface area contributed by atoms with Crippen molar-refractivity contribution in [1.82, 2.24) is 15.4 Å². The van der Waals surface area contributed by atoms with Crippen LogP contribution in [0.3, 0.4) is 0 Å². The molecule has 0 aliphatic rings. The maximum Gasteiger partial charge on any atom is 0.269 e. The SMILES string of the molecule is O=C(NNC(=O)c1cccc(Cl)c1)c1ccc(-n2cccc2)cc1. The molecule has 0 saturated heterocycles. The Balaban J connectivity index is 1.62. The van der Waals surface area contributed by atoms with E-state index in [1.807, 2.05) is 41.2 Å². The normalized spacial score (nSPS) is 10.2. The Hall–Kier alpha value is -3.05. The predicted molar refractivity (Wildman–Crippen MR) is 92.2 cm³/mol. The van der Waals surface area contributed by atoms with E-state index in [2.05, 4.69) is 10.9 Å². The fourth-order valence-electron chi connectivity index (χ4n) is 2.18. The molecular formula is C18H14ClN3O2. The first-order valence-electron chi connectivity index (χ1n) is 7.23.